The lowest BCUT2D eigenvalue weighted by Gasteiger charge is -2.23. The van der Waals surface area contributed by atoms with E-state index in [2.05, 4.69) is 42.5 Å². The van der Waals surface area contributed by atoms with E-state index in [1.54, 1.807) is 12.3 Å². The van der Waals surface area contributed by atoms with Crippen LogP contribution in [0.4, 0.5) is 5.95 Å². The maximum absolute atomic E-state index is 9.51. The molecule has 4 aromatic rings. The summed E-state index contributed by atoms with van der Waals surface area (Å²) < 4.78 is 2.80. The highest BCUT2D eigenvalue weighted by Gasteiger charge is 2.14. The zero-order chi connectivity index (χ0) is 18.3. The van der Waals surface area contributed by atoms with Crippen LogP contribution in [0.15, 0.2) is 36.5 Å². The number of fused-ring (bicyclic) bond motifs is 5. The summed E-state index contributed by atoms with van der Waals surface area (Å²) in [6, 6.07) is 11.9. The average molecular weight is 346 g/mol. The van der Waals surface area contributed by atoms with E-state index >= 15 is 0 Å². The number of nitrogens with zero attached hydrogens (tertiary/aromatic N) is 6. The number of nitrogens with one attached hydrogen (secondary N) is 1. The minimum absolute atomic E-state index is 0.517. The van der Waals surface area contributed by atoms with Crippen LogP contribution in [-0.4, -0.2) is 58.1 Å². The third-order valence-electron chi connectivity index (χ3n) is 4.30. The number of hydrogen-bond donors (Lipinski definition) is 1. The van der Waals surface area contributed by atoms with Crippen molar-refractivity contribution in [2.75, 3.05) is 39.5 Å². The van der Waals surface area contributed by atoms with Gasteiger partial charge in [-0.3, -0.25) is 4.40 Å². The molecule has 0 aliphatic carbocycles. The van der Waals surface area contributed by atoms with Crippen LogP contribution in [0.3, 0.4) is 0 Å². The van der Waals surface area contributed by atoms with Gasteiger partial charge in [0.2, 0.25) is 5.95 Å². The first-order valence-electron chi connectivity index (χ1n) is 8.48. The van der Waals surface area contributed by atoms with Crippen molar-refractivity contribution in [2.24, 2.45) is 0 Å². The van der Waals surface area contributed by atoms with Crippen molar-refractivity contribution in [1.82, 2.24) is 19.4 Å². The summed E-state index contributed by atoms with van der Waals surface area (Å²) in [6.07, 6.45) is 1.76. The predicted molar refractivity (Wildman–Crippen MR) is 102 cm³/mol. The number of para-hydroxylation sites is 2. The van der Waals surface area contributed by atoms with Crippen LogP contribution in [0.2, 0.25) is 0 Å². The molecule has 0 atom stereocenters. The molecule has 3 heterocycles. The summed E-state index contributed by atoms with van der Waals surface area (Å²) >= 11 is 0. The first kappa shape index (κ1) is 16.2. The van der Waals surface area contributed by atoms with E-state index < -0.39 is 0 Å². The summed E-state index contributed by atoms with van der Waals surface area (Å²) in [6.45, 7) is 1.73. The third-order valence-corrected chi connectivity index (χ3v) is 4.30. The second-order valence-corrected chi connectivity index (χ2v) is 7.34. The lowest BCUT2D eigenvalue weighted by atomic mass is 10.2. The molecular weight excluding hydrogens is 326 g/mol. The zero-order valence-electron chi connectivity index (χ0n) is 15.1. The molecule has 1 N–H and O–H groups in total. The van der Waals surface area contributed by atoms with E-state index in [9.17, 15) is 5.26 Å². The van der Waals surface area contributed by atoms with Crippen LogP contribution < -0.4 is 5.32 Å². The monoisotopic (exact) mass is 346 g/mol. The summed E-state index contributed by atoms with van der Waals surface area (Å²) in [4.78, 5) is 13.7. The first-order valence-corrected chi connectivity index (χ1v) is 8.48. The smallest absolute Gasteiger partial charge is 0.224 e. The molecule has 1 aromatic carbocycles. The van der Waals surface area contributed by atoms with Crippen LogP contribution >= 0.6 is 0 Å². The molecule has 0 bridgehead atoms. The van der Waals surface area contributed by atoms with Gasteiger partial charge >= 0.3 is 0 Å². The van der Waals surface area contributed by atoms with Crippen molar-refractivity contribution in [3.63, 3.8) is 0 Å². The highest BCUT2D eigenvalue weighted by atomic mass is 15.3. The molecule has 0 aliphatic heterocycles. The van der Waals surface area contributed by atoms with Gasteiger partial charge in [-0.15, -0.1) is 0 Å². The summed E-state index contributed by atoms with van der Waals surface area (Å²) in [5, 5.41) is 13.6. The van der Waals surface area contributed by atoms with Crippen LogP contribution in [-0.2, 0) is 0 Å². The van der Waals surface area contributed by atoms with Crippen LogP contribution in [0.1, 0.15) is 5.56 Å². The molecule has 4 rings (SSSR count). The van der Waals surface area contributed by atoms with Gasteiger partial charge < -0.3 is 9.80 Å². The standard InChI is InChI=1S/C19H20N7/c1-26(2,3)9-8-21-19-22-12-14-10-13(11-20)17-23-15-6-4-5-7-16(15)25(17)18(14)24-19/h4-7,10,12H,8-9H2,1-3H3,(H,21,22,24)/q+1. The molecule has 0 radical (unpaired) electrons. The van der Waals surface area contributed by atoms with Gasteiger partial charge in [0.05, 0.1) is 50.8 Å². The topological polar surface area (TPSA) is 78.9 Å². The Morgan fingerprint density at radius 2 is 1.96 bits per heavy atom. The molecule has 0 saturated heterocycles. The van der Waals surface area contributed by atoms with E-state index in [0.29, 0.717) is 17.2 Å². The van der Waals surface area contributed by atoms with Gasteiger partial charge in [-0.1, -0.05) is 12.1 Å². The minimum atomic E-state index is 0.517. The highest BCUT2D eigenvalue weighted by Crippen LogP contribution is 2.25. The van der Waals surface area contributed by atoms with Gasteiger partial charge in [0.1, 0.15) is 6.07 Å². The Bertz CT molecular complexity index is 1160. The van der Waals surface area contributed by atoms with Crippen molar-refractivity contribution in [1.29, 1.82) is 5.26 Å². The van der Waals surface area contributed by atoms with E-state index in [1.165, 1.54) is 0 Å². The lowest BCUT2D eigenvalue weighted by Crippen LogP contribution is -2.38. The first-order chi connectivity index (χ1) is 12.5. The number of benzene rings is 1. The highest BCUT2D eigenvalue weighted by molar-refractivity contribution is 5.91. The lowest BCUT2D eigenvalue weighted by molar-refractivity contribution is -0.868. The van der Waals surface area contributed by atoms with E-state index in [0.717, 1.165) is 39.6 Å². The molecule has 0 fully saturated rings. The van der Waals surface area contributed by atoms with Gasteiger partial charge in [0, 0.05) is 11.6 Å². The second kappa shape index (κ2) is 5.93. The van der Waals surface area contributed by atoms with Crippen molar-refractivity contribution < 1.29 is 4.48 Å². The Kier molecular flexibility index (Phi) is 3.71. The molecule has 7 nitrogen and oxygen atoms in total. The van der Waals surface area contributed by atoms with Crippen LogP contribution in [0.5, 0.6) is 0 Å². The zero-order valence-corrected chi connectivity index (χ0v) is 15.1. The van der Waals surface area contributed by atoms with E-state index in [4.69, 9.17) is 4.98 Å². The molecular formula is C19H20N7+. The normalized spacial score (nSPS) is 11.9. The quantitative estimate of drug-likeness (QED) is 0.574. The van der Waals surface area contributed by atoms with Gasteiger partial charge in [-0.2, -0.15) is 10.2 Å². The van der Waals surface area contributed by atoms with Crippen LogP contribution in [0.25, 0.3) is 27.7 Å². The van der Waals surface area contributed by atoms with E-state index in [1.807, 2.05) is 28.7 Å². The van der Waals surface area contributed by atoms with Crippen LogP contribution in [0, 0.1) is 11.3 Å². The number of imidazole rings is 1. The maximum Gasteiger partial charge on any atom is 0.224 e. The number of anilines is 1. The maximum atomic E-state index is 9.51. The SMILES string of the molecule is C[N+](C)(C)CCNc1ncc2cc(C#N)c3nc4ccccc4n3c2n1. The second-order valence-electron chi connectivity index (χ2n) is 7.34. The largest absolute Gasteiger partial charge is 0.349 e. The van der Waals surface area contributed by atoms with Gasteiger partial charge in [-0.25, -0.2) is 9.97 Å². The number of hydrogen-bond acceptors (Lipinski definition) is 5. The Balaban J connectivity index is 1.89. The van der Waals surface area contributed by atoms with Gasteiger partial charge in [0.15, 0.2) is 11.3 Å². The number of pyridine rings is 1. The Morgan fingerprint density at radius 3 is 2.73 bits per heavy atom. The molecule has 0 saturated carbocycles. The molecule has 7 heteroatoms. The molecule has 3 aromatic heterocycles. The molecule has 130 valence electrons. The van der Waals surface area contributed by atoms with Crippen molar-refractivity contribution >= 4 is 33.7 Å². The summed E-state index contributed by atoms with van der Waals surface area (Å²) in [5.41, 5.74) is 3.66. The molecule has 0 unspecified atom stereocenters. The molecule has 26 heavy (non-hydrogen) atoms. The Morgan fingerprint density at radius 1 is 1.15 bits per heavy atom. The van der Waals surface area contributed by atoms with E-state index in [-0.39, 0.29) is 0 Å². The fourth-order valence-corrected chi connectivity index (χ4v) is 2.97. The number of rotatable bonds is 4. The van der Waals surface area contributed by atoms with Gasteiger partial charge in [0.25, 0.3) is 0 Å². The fraction of sp³-hybridized carbons (Fsp3) is 0.263. The van der Waals surface area contributed by atoms with Crippen molar-refractivity contribution in [2.45, 2.75) is 0 Å². The number of quaternary nitrogens is 1. The molecule has 0 amide bonds. The fourth-order valence-electron chi connectivity index (χ4n) is 2.97. The molecule has 0 spiro atoms. The third kappa shape index (κ3) is 2.80. The average Bonchev–Trinajstić information content (AvgIpc) is 3.00. The molecule has 0 aliphatic rings. The number of aromatic nitrogens is 4. The predicted octanol–water partition coefficient (Wildman–Crippen LogP) is 2.42. The van der Waals surface area contributed by atoms with Gasteiger partial charge in [-0.05, 0) is 18.2 Å². The Labute approximate surface area is 151 Å². The van der Waals surface area contributed by atoms with Crippen molar-refractivity contribution in [3.8, 4) is 6.07 Å². The van der Waals surface area contributed by atoms with Crippen molar-refractivity contribution in [3.05, 3.63) is 42.1 Å². The minimum Gasteiger partial charge on any atom is -0.349 e. The summed E-state index contributed by atoms with van der Waals surface area (Å²) in [7, 11) is 6.44. The Hall–Kier alpha value is -3.24. The summed E-state index contributed by atoms with van der Waals surface area (Å²) in [5.74, 6) is 0.578. The number of likely N-dealkylation sites (N-methyl/N-ethyl adjacent to an activating group) is 1. The number of nitriles is 1.